The Morgan fingerprint density at radius 3 is 2.60 bits per heavy atom. The van der Waals surface area contributed by atoms with Gasteiger partial charge in [0.25, 0.3) is 5.69 Å². The van der Waals surface area contributed by atoms with Crippen LogP contribution in [0.2, 0.25) is 0 Å². The van der Waals surface area contributed by atoms with Crippen LogP contribution < -0.4 is 14.9 Å². The Balaban J connectivity index is 2.01. The summed E-state index contributed by atoms with van der Waals surface area (Å²) in [5, 5.41) is 14.6. The third-order valence-electron chi connectivity index (χ3n) is 2.98. The summed E-state index contributed by atoms with van der Waals surface area (Å²) in [6.07, 6.45) is 1.29. The number of hydrogen-bond donors (Lipinski definition) is 1. The number of para-hydroxylation sites is 1. The van der Waals surface area contributed by atoms with Gasteiger partial charge >= 0.3 is 0 Å². The Hall–Kier alpha value is -3.42. The van der Waals surface area contributed by atoms with Gasteiger partial charge in [-0.1, -0.05) is 18.2 Å². The van der Waals surface area contributed by atoms with Gasteiger partial charge in [-0.3, -0.25) is 14.9 Å². The van der Waals surface area contributed by atoms with Gasteiger partial charge in [0.2, 0.25) is 5.91 Å². The predicted octanol–water partition coefficient (Wildman–Crippen LogP) is 2.52. The first-order chi connectivity index (χ1) is 12.1. The van der Waals surface area contributed by atoms with Gasteiger partial charge in [0.05, 0.1) is 11.1 Å². The van der Waals surface area contributed by atoms with Crippen molar-refractivity contribution in [3.8, 4) is 11.5 Å². The second-order valence-corrected chi connectivity index (χ2v) is 4.92. The van der Waals surface area contributed by atoms with Crippen LogP contribution in [0.25, 0.3) is 0 Å². The molecule has 0 heterocycles. The largest absolute Gasteiger partial charge is 0.490 e. The minimum Gasteiger partial charge on any atom is -0.490 e. The number of nitrogens with zero attached hydrogens (tertiary/aromatic N) is 2. The Bertz CT molecular complexity index is 762. The molecule has 8 nitrogen and oxygen atoms in total. The summed E-state index contributed by atoms with van der Waals surface area (Å²) < 4.78 is 11.1. The van der Waals surface area contributed by atoms with Gasteiger partial charge in [-0.15, -0.1) is 0 Å². The maximum Gasteiger partial charge on any atom is 0.270 e. The molecule has 0 aliphatic rings. The van der Waals surface area contributed by atoms with Crippen LogP contribution in [0.3, 0.4) is 0 Å². The molecule has 25 heavy (non-hydrogen) atoms. The van der Waals surface area contributed by atoms with Gasteiger partial charge in [-0.2, -0.15) is 5.10 Å². The van der Waals surface area contributed by atoms with Crippen LogP contribution in [0.4, 0.5) is 5.69 Å². The number of carbonyl (C=O) groups excluding carboxylic acids is 1. The lowest BCUT2D eigenvalue weighted by Gasteiger charge is -2.10. The summed E-state index contributed by atoms with van der Waals surface area (Å²) in [5.74, 6) is 0.777. The van der Waals surface area contributed by atoms with Crippen LogP contribution in [0.1, 0.15) is 12.5 Å². The number of amides is 1. The molecule has 2 aromatic carbocycles. The van der Waals surface area contributed by atoms with E-state index in [-0.39, 0.29) is 18.2 Å². The summed E-state index contributed by atoms with van der Waals surface area (Å²) in [6.45, 7) is 1.86. The molecule has 2 aromatic rings. The molecular formula is C17H17N3O5. The molecular weight excluding hydrogens is 326 g/mol. The first-order valence-electron chi connectivity index (χ1n) is 7.45. The number of ether oxygens (including phenoxy) is 2. The second-order valence-electron chi connectivity index (χ2n) is 4.92. The maximum atomic E-state index is 10.9. The highest BCUT2D eigenvalue weighted by molar-refractivity contribution is 5.85. The standard InChI is InChI=1S/C17H17N3O5/c1-13(21)19-18-12-14-11-15(20(22)23)7-8-17(14)25-10-9-24-16-5-3-2-4-6-16/h2-8,11-12H,9-10H2,1H3,(H,19,21). The van der Waals surface area contributed by atoms with Gasteiger partial charge in [0.1, 0.15) is 24.7 Å². The minimum atomic E-state index is -0.516. The van der Waals surface area contributed by atoms with E-state index in [0.29, 0.717) is 17.9 Å². The minimum absolute atomic E-state index is 0.0999. The molecule has 8 heteroatoms. The van der Waals surface area contributed by atoms with Crippen molar-refractivity contribution < 1.29 is 19.2 Å². The molecule has 2 rings (SSSR count). The van der Waals surface area contributed by atoms with Crippen molar-refractivity contribution in [2.45, 2.75) is 6.92 Å². The average molecular weight is 343 g/mol. The van der Waals surface area contributed by atoms with Crippen molar-refractivity contribution in [1.29, 1.82) is 0 Å². The smallest absolute Gasteiger partial charge is 0.270 e. The molecule has 0 aliphatic carbocycles. The van der Waals surface area contributed by atoms with Crippen molar-refractivity contribution >= 4 is 17.8 Å². The van der Waals surface area contributed by atoms with E-state index in [1.807, 2.05) is 30.3 Å². The van der Waals surface area contributed by atoms with E-state index in [4.69, 9.17) is 9.47 Å². The van der Waals surface area contributed by atoms with Crippen molar-refractivity contribution in [2.24, 2.45) is 5.10 Å². The highest BCUT2D eigenvalue weighted by Gasteiger charge is 2.11. The Morgan fingerprint density at radius 1 is 1.20 bits per heavy atom. The Labute approximate surface area is 144 Å². The molecule has 0 saturated carbocycles. The molecule has 130 valence electrons. The molecule has 0 unspecified atom stereocenters. The van der Waals surface area contributed by atoms with Gasteiger partial charge in [-0.05, 0) is 18.2 Å². The number of nitrogens with one attached hydrogen (secondary N) is 1. The molecule has 0 bridgehead atoms. The first-order valence-corrected chi connectivity index (χ1v) is 7.45. The molecule has 0 fully saturated rings. The number of carbonyl (C=O) groups is 1. The molecule has 1 amide bonds. The van der Waals surface area contributed by atoms with E-state index in [1.165, 1.54) is 31.3 Å². The van der Waals surface area contributed by atoms with Crippen LogP contribution >= 0.6 is 0 Å². The van der Waals surface area contributed by atoms with Gasteiger partial charge in [0.15, 0.2) is 0 Å². The molecule has 0 saturated heterocycles. The van der Waals surface area contributed by atoms with Crippen molar-refractivity contribution in [3.05, 3.63) is 64.2 Å². The number of nitro groups is 1. The fourth-order valence-corrected chi connectivity index (χ4v) is 1.90. The first kappa shape index (κ1) is 17.9. The lowest BCUT2D eigenvalue weighted by molar-refractivity contribution is -0.384. The normalized spacial score (nSPS) is 10.4. The van der Waals surface area contributed by atoms with E-state index in [9.17, 15) is 14.9 Å². The molecule has 0 spiro atoms. The summed E-state index contributed by atoms with van der Waals surface area (Å²) in [7, 11) is 0. The summed E-state index contributed by atoms with van der Waals surface area (Å²) in [5.41, 5.74) is 2.52. The number of benzene rings is 2. The second kappa shape index (κ2) is 9.02. The predicted molar refractivity (Wildman–Crippen MR) is 91.9 cm³/mol. The van der Waals surface area contributed by atoms with Gasteiger partial charge in [-0.25, -0.2) is 5.43 Å². The molecule has 0 aliphatic heterocycles. The molecule has 1 N–H and O–H groups in total. The molecule has 0 radical (unpaired) electrons. The fraction of sp³-hybridized carbons (Fsp3) is 0.176. The highest BCUT2D eigenvalue weighted by atomic mass is 16.6. The lowest BCUT2D eigenvalue weighted by Crippen LogP contribution is -2.13. The van der Waals surface area contributed by atoms with Crippen LogP contribution in [0.15, 0.2) is 53.6 Å². The zero-order valence-corrected chi connectivity index (χ0v) is 13.5. The van der Waals surface area contributed by atoms with E-state index < -0.39 is 4.92 Å². The van der Waals surface area contributed by atoms with Crippen LogP contribution in [0, 0.1) is 10.1 Å². The quantitative estimate of drug-likeness (QED) is 0.343. The maximum absolute atomic E-state index is 10.9. The van der Waals surface area contributed by atoms with E-state index in [2.05, 4.69) is 10.5 Å². The van der Waals surface area contributed by atoms with E-state index in [1.54, 1.807) is 0 Å². The van der Waals surface area contributed by atoms with E-state index >= 15 is 0 Å². The Morgan fingerprint density at radius 2 is 1.92 bits per heavy atom. The fourth-order valence-electron chi connectivity index (χ4n) is 1.90. The summed E-state index contributed by atoms with van der Waals surface area (Å²) >= 11 is 0. The number of hydrazone groups is 1. The van der Waals surface area contributed by atoms with E-state index in [0.717, 1.165) is 5.75 Å². The molecule has 0 atom stereocenters. The molecule has 0 aromatic heterocycles. The van der Waals surface area contributed by atoms with Crippen molar-refractivity contribution in [3.63, 3.8) is 0 Å². The lowest BCUT2D eigenvalue weighted by atomic mass is 10.2. The summed E-state index contributed by atoms with van der Waals surface area (Å²) in [4.78, 5) is 21.2. The number of rotatable bonds is 8. The topological polar surface area (TPSA) is 103 Å². The number of non-ortho nitro benzene ring substituents is 1. The highest BCUT2D eigenvalue weighted by Crippen LogP contribution is 2.23. The van der Waals surface area contributed by atoms with Gasteiger partial charge < -0.3 is 9.47 Å². The van der Waals surface area contributed by atoms with Crippen LogP contribution in [-0.4, -0.2) is 30.3 Å². The zero-order valence-electron chi connectivity index (χ0n) is 13.5. The van der Waals surface area contributed by atoms with Crippen LogP contribution in [-0.2, 0) is 4.79 Å². The van der Waals surface area contributed by atoms with Gasteiger partial charge in [0, 0.05) is 24.6 Å². The summed E-state index contributed by atoms with van der Waals surface area (Å²) in [6, 6.07) is 13.4. The third kappa shape index (κ3) is 5.94. The SMILES string of the molecule is CC(=O)NN=Cc1cc([N+](=O)[O-])ccc1OCCOc1ccccc1. The number of nitro benzene ring substituents is 1. The third-order valence-corrected chi connectivity index (χ3v) is 2.98. The average Bonchev–Trinajstić information content (AvgIpc) is 2.60. The monoisotopic (exact) mass is 343 g/mol. The number of hydrogen-bond acceptors (Lipinski definition) is 6. The van der Waals surface area contributed by atoms with Crippen molar-refractivity contribution in [2.75, 3.05) is 13.2 Å². The zero-order chi connectivity index (χ0) is 18.1. The van der Waals surface area contributed by atoms with Crippen LogP contribution in [0.5, 0.6) is 11.5 Å². The van der Waals surface area contributed by atoms with Crippen molar-refractivity contribution in [1.82, 2.24) is 5.43 Å². The Kier molecular flexibility index (Phi) is 6.47.